The van der Waals surface area contributed by atoms with Crippen LogP contribution < -0.4 is 5.56 Å². The van der Waals surface area contributed by atoms with E-state index in [-0.39, 0.29) is 35.8 Å². The van der Waals surface area contributed by atoms with Gasteiger partial charge in [0.05, 0.1) is 24.3 Å². The number of nitrogens with zero attached hydrogens (tertiary/aromatic N) is 3. The molecule has 4 rings (SSSR count). The van der Waals surface area contributed by atoms with Crippen molar-refractivity contribution in [3.63, 3.8) is 0 Å². The van der Waals surface area contributed by atoms with E-state index in [1.807, 2.05) is 0 Å². The lowest BCUT2D eigenvalue weighted by Gasteiger charge is -2.32. The molecule has 2 atom stereocenters. The van der Waals surface area contributed by atoms with Gasteiger partial charge >= 0.3 is 5.97 Å². The van der Waals surface area contributed by atoms with E-state index in [9.17, 15) is 14.4 Å². The summed E-state index contributed by atoms with van der Waals surface area (Å²) in [5.74, 6) is 0.259. The van der Waals surface area contributed by atoms with Gasteiger partial charge in [-0.2, -0.15) is 0 Å². The van der Waals surface area contributed by atoms with Gasteiger partial charge in [-0.25, -0.2) is 4.98 Å². The largest absolute Gasteiger partial charge is 0.466 e. The third kappa shape index (κ3) is 3.51. The van der Waals surface area contributed by atoms with E-state index in [0.717, 1.165) is 48.5 Å². The van der Waals surface area contributed by atoms with E-state index in [2.05, 4.69) is 4.98 Å². The molecule has 146 valence electrons. The van der Waals surface area contributed by atoms with E-state index < -0.39 is 0 Å². The Labute approximate surface area is 162 Å². The maximum atomic E-state index is 12.9. The van der Waals surface area contributed by atoms with Crippen LogP contribution in [-0.4, -0.2) is 51.8 Å². The number of rotatable bonds is 4. The maximum Gasteiger partial charge on any atom is 0.310 e. The fraction of sp³-hybridized carbons (Fsp3) is 0.684. The number of likely N-dealkylation sites (tertiary alicyclic amines) is 1. The smallest absolute Gasteiger partial charge is 0.310 e. The van der Waals surface area contributed by atoms with Crippen LogP contribution in [0, 0.1) is 5.92 Å². The molecule has 1 aliphatic carbocycles. The minimum absolute atomic E-state index is 0.00912. The number of aryl methyl sites for hydroxylation is 1. The third-order valence-corrected chi connectivity index (χ3v) is 6.77. The first-order valence-corrected chi connectivity index (χ1v) is 10.8. The summed E-state index contributed by atoms with van der Waals surface area (Å²) in [5, 5.41) is 0.751. The summed E-state index contributed by atoms with van der Waals surface area (Å²) < 4.78 is 6.85. The monoisotopic (exact) mass is 391 g/mol. The lowest BCUT2D eigenvalue weighted by Crippen LogP contribution is -2.43. The molecular weight excluding hydrogens is 366 g/mol. The molecule has 0 bridgehead atoms. The van der Waals surface area contributed by atoms with Crippen molar-refractivity contribution < 1.29 is 14.3 Å². The standard InChI is InChI=1S/C19H25N3O4S/c1-2-26-18(25)12-5-4-8-21(10-12)16(23)9-13-11-27-19-20-15-7-3-6-14(15)17(24)22(13)19/h12-13H,2-11H2,1H3. The van der Waals surface area contributed by atoms with Gasteiger partial charge in [-0.1, -0.05) is 11.8 Å². The highest BCUT2D eigenvalue weighted by atomic mass is 32.2. The first kappa shape index (κ1) is 18.5. The van der Waals surface area contributed by atoms with Gasteiger partial charge in [-0.15, -0.1) is 0 Å². The van der Waals surface area contributed by atoms with Gasteiger partial charge in [0.25, 0.3) is 5.56 Å². The van der Waals surface area contributed by atoms with Crippen molar-refractivity contribution >= 4 is 23.6 Å². The molecule has 2 aliphatic heterocycles. The van der Waals surface area contributed by atoms with Crippen molar-refractivity contribution in [1.29, 1.82) is 0 Å². The van der Waals surface area contributed by atoms with Gasteiger partial charge in [-0.3, -0.25) is 19.0 Å². The molecule has 0 spiro atoms. The number of ether oxygens (including phenoxy) is 1. The zero-order valence-corrected chi connectivity index (χ0v) is 16.4. The lowest BCUT2D eigenvalue weighted by atomic mass is 9.97. The van der Waals surface area contributed by atoms with Crippen molar-refractivity contribution in [2.24, 2.45) is 5.92 Å². The van der Waals surface area contributed by atoms with Crippen LogP contribution in [0.15, 0.2) is 9.95 Å². The summed E-state index contributed by atoms with van der Waals surface area (Å²) in [5.41, 5.74) is 1.82. The molecule has 1 saturated heterocycles. The molecule has 3 aliphatic rings. The number of carbonyl (C=O) groups is 2. The van der Waals surface area contributed by atoms with Crippen LogP contribution in [0.2, 0.25) is 0 Å². The Hall–Kier alpha value is -1.83. The lowest BCUT2D eigenvalue weighted by molar-refractivity contribution is -0.151. The van der Waals surface area contributed by atoms with Crippen LogP contribution in [0.5, 0.6) is 0 Å². The number of carbonyl (C=O) groups excluding carboxylic acids is 2. The van der Waals surface area contributed by atoms with E-state index in [4.69, 9.17) is 4.74 Å². The van der Waals surface area contributed by atoms with Crippen LogP contribution in [0.4, 0.5) is 0 Å². The second-order valence-corrected chi connectivity index (χ2v) is 8.44. The van der Waals surface area contributed by atoms with E-state index >= 15 is 0 Å². The Bertz CT molecular complexity index is 822. The van der Waals surface area contributed by atoms with Crippen LogP contribution >= 0.6 is 11.8 Å². The predicted molar refractivity (Wildman–Crippen MR) is 101 cm³/mol. The Morgan fingerprint density at radius 1 is 1.30 bits per heavy atom. The van der Waals surface area contributed by atoms with Crippen LogP contribution in [0.1, 0.15) is 49.9 Å². The van der Waals surface area contributed by atoms with Crippen molar-refractivity contribution in [2.75, 3.05) is 25.4 Å². The zero-order valence-electron chi connectivity index (χ0n) is 15.6. The van der Waals surface area contributed by atoms with E-state index in [0.29, 0.717) is 25.4 Å². The van der Waals surface area contributed by atoms with Gasteiger partial charge in [0, 0.05) is 30.8 Å². The molecule has 0 aromatic carbocycles. The molecule has 2 unspecified atom stereocenters. The second-order valence-electron chi connectivity index (χ2n) is 7.45. The molecule has 0 radical (unpaired) electrons. The summed E-state index contributed by atoms with van der Waals surface area (Å²) in [6, 6.07) is -0.147. The fourth-order valence-corrected chi connectivity index (χ4v) is 5.44. The Kier molecular flexibility index (Phi) is 5.25. The summed E-state index contributed by atoms with van der Waals surface area (Å²) in [6.07, 6.45) is 4.51. The molecule has 0 saturated carbocycles. The van der Waals surface area contributed by atoms with Crippen LogP contribution in [-0.2, 0) is 27.2 Å². The van der Waals surface area contributed by atoms with E-state index in [1.54, 1.807) is 28.2 Å². The maximum absolute atomic E-state index is 12.9. The van der Waals surface area contributed by atoms with Crippen LogP contribution in [0.25, 0.3) is 0 Å². The van der Waals surface area contributed by atoms with Gasteiger partial charge in [0.2, 0.25) is 5.91 Å². The number of hydrogen-bond donors (Lipinski definition) is 0. The number of esters is 1. The Balaban J connectivity index is 1.46. The number of aromatic nitrogens is 2. The number of hydrogen-bond acceptors (Lipinski definition) is 6. The minimum Gasteiger partial charge on any atom is -0.466 e. The molecule has 8 heteroatoms. The normalized spacial score (nSPS) is 23.8. The molecule has 1 aromatic rings. The average Bonchev–Trinajstić information content (AvgIpc) is 3.30. The molecule has 1 fully saturated rings. The van der Waals surface area contributed by atoms with Crippen molar-refractivity contribution in [1.82, 2.24) is 14.5 Å². The number of thioether (sulfide) groups is 1. The number of fused-ring (bicyclic) bond motifs is 2. The second kappa shape index (κ2) is 7.66. The summed E-state index contributed by atoms with van der Waals surface area (Å²) >= 11 is 1.56. The van der Waals surface area contributed by atoms with Crippen molar-refractivity contribution in [3.05, 3.63) is 21.6 Å². The number of amides is 1. The summed E-state index contributed by atoms with van der Waals surface area (Å²) in [6.45, 7) is 3.24. The topological polar surface area (TPSA) is 81.5 Å². The first-order valence-electron chi connectivity index (χ1n) is 9.80. The highest BCUT2D eigenvalue weighted by Crippen LogP contribution is 2.34. The van der Waals surface area contributed by atoms with Gasteiger partial charge in [-0.05, 0) is 39.0 Å². The molecule has 3 heterocycles. The highest BCUT2D eigenvalue weighted by Gasteiger charge is 2.34. The molecule has 7 nitrogen and oxygen atoms in total. The quantitative estimate of drug-likeness (QED) is 0.572. The third-order valence-electron chi connectivity index (χ3n) is 5.68. The average molecular weight is 391 g/mol. The molecule has 0 N–H and O–H groups in total. The SMILES string of the molecule is CCOC(=O)C1CCCN(C(=O)CC2CSc3nc4c(c(=O)n32)CCC4)C1. The van der Waals surface area contributed by atoms with Crippen molar-refractivity contribution in [3.8, 4) is 0 Å². The highest BCUT2D eigenvalue weighted by molar-refractivity contribution is 7.99. The zero-order chi connectivity index (χ0) is 19.0. The van der Waals surface area contributed by atoms with E-state index in [1.165, 1.54) is 0 Å². The van der Waals surface area contributed by atoms with Crippen molar-refractivity contribution in [2.45, 2.75) is 56.6 Å². The molecular formula is C19H25N3O4S. The minimum atomic E-state index is -0.236. The Morgan fingerprint density at radius 3 is 2.96 bits per heavy atom. The van der Waals surface area contributed by atoms with Gasteiger partial charge < -0.3 is 9.64 Å². The Morgan fingerprint density at radius 2 is 2.15 bits per heavy atom. The molecule has 27 heavy (non-hydrogen) atoms. The molecule has 1 amide bonds. The van der Waals surface area contributed by atoms with Gasteiger partial charge in [0.15, 0.2) is 5.16 Å². The fourth-order valence-electron chi connectivity index (χ4n) is 4.29. The van der Waals surface area contributed by atoms with Crippen LogP contribution in [0.3, 0.4) is 0 Å². The number of piperidine rings is 1. The molecule has 1 aromatic heterocycles. The van der Waals surface area contributed by atoms with Gasteiger partial charge in [0.1, 0.15) is 0 Å². The summed E-state index contributed by atoms with van der Waals surface area (Å²) in [7, 11) is 0. The first-order chi connectivity index (χ1) is 13.1. The predicted octanol–water partition coefficient (Wildman–Crippen LogP) is 1.57. The summed E-state index contributed by atoms with van der Waals surface area (Å²) in [4.78, 5) is 44.2.